The Kier molecular flexibility index (Phi) is 4.35. The van der Waals surface area contributed by atoms with E-state index >= 15 is 0 Å². The van der Waals surface area contributed by atoms with Gasteiger partial charge >= 0.3 is 0 Å². The van der Waals surface area contributed by atoms with E-state index in [1.54, 1.807) is 17.2 Å². The van der Waals surface area contributed by atoms with Gasteiger partial charge < -0.3 is 10.2 Å². The normalized spacial score (nSPS) is 13.3. The first-order valence-corrected chi connectivity index (χ1v) is 8.74. The Balaban J connectivity index is 1.49. The summed E-state index contributed by atoms with van der Waals surface area (Å²) >= 11 is 0. The molecule has 1 aliphatic heterocycles. The van der Waals surface area contributed by atoms with E-state index in [1.165, 1.54) is 0 Å². The fraction of sp³-hybridized carbons (Fsp3) is 0.190. The second kappa shape index (κ2) is 6.96. The number of para-hydroxylation sites is 2. The van der Waals surface area contributed by atoms with Gasteiger partial charge in [0.15, 0.2) is 0 Å². The fourth-order valence-electron chi connectivity index (χ4n) is 3.42. The van der Waals surface area contributed by atoms with Gasteiger partial charge in [0.2, 0.25) is 11.8 Å². The molecule has 0 radical (unpaired) electrons. The summed E-state index contributed by atoms with van der Waals surface area (Å²) in [4.78, 5) is 31.2. The fourth-order valence-corrected chi connectivity index (χ4v) is 3.42. The molecule has 3 aromatic rings. The molecule has 1 aliphatic rings. The standard InChI is InChI=1S/C21H19N3O2/c25-19(23-17-10-3-7-16-8-4-12-22-21(16)17)14-20(26)24-13-5-9-15-6-1-2-11-18(15)24/h1-4,6-8,10-12H,5,9,13-14H2,(H,23,25). The highest BCUT2D eigenvalue weighted by Crippen LogP contribution is 2.27. The lowest BCUT2D eigenvalue weighted by molar-refractivity contribution is -0.125. The summed E-state index contributed by atoms with van der Waals surface area (Å²) in [6, 6.07) is 17.3. The molecule has 0 saturated heterocycles. The van der Waals surface area contributed by atoms with Crippen LogP contribution in [0.4, 0.5) is 11.4 Å². The van der Waals surface area contributed by atoms with Crippen LogP contribution in [0.3, 0.4) is 0 Å². The molecule has 0 atom stereocenters. The zero-order chi connectivity index (χ0) is 17.9. The molecule has 0 saturated carbocycles. The minimum absolute atomic E-state index is 0.178. The lowest BCUT2D eigenvalue weighted by Gasteiger charge is -2.29. The minimum Gasteiger partial charge on any atom is -0.324 e. The summed E-state index contributed by atoms with van der Waals surface area (Å²) in [5.41, 5.74) is 3.42. The minimum atomic E-state index is -0.323. The third-order valence-corrected chi connectivity index (χ3v) is 4.63. The Labute approximate surface area is 151 Å². The highest BCUT2D eigenvalue weighted by molar-refractivity contribution is 6.11. The number of nitrogens with one attached hydrogen (secondary N) is 1. The van der Waals surface area contributed by atoms with Crippen LogP contribution in [0.25, 0.3) is 10.9 Å². The first-order valence-electron chi connectivity index (χ1n) is 8.74. The Hall–Kier alpha value is -3.21. The quantitative estimate of drug-likeness (QED) is 0.739. The molecular formula is C21H19N3O2. The number of aromatic nitrogens is 1. The molecule has 0 spiro atoms. The average Bonchev–Trinajstić information content (AvgIpc) is 2.67. The molecule has 2 heterocycles. The van der Waals surface area contributed by atoms with Gasteiger partial charge in [-0.15, -0.1) is 0 Å². The predicted octanol–water partition coefficient (Wildman–Crippen LogP) is 3.54. The van der Waals surface area contributed by atoms with Crippen LogP contribution < -0.4 is 10.2 Å². The number of fused-ring (bicyclic) bond motifs is 2. The molecule has 5 nitrogen and oxygen atoms in total. The molecule has 0 bridgehead atoms. The first-order chi connectivity index (χ1) is 12.7. The van der Waals surface area contributed by atoms with Gasteiger partial charge in [-0.05, 0) is 36.6 Å². The van der Waals surface area contributed by atoms with Gasteiger partial charge in [0.1, 0.15) is 6.42 Å². The summed E-state index contributed by atoms with van der Waals surface area (Å²) in [7, 11) is 0. The lowest BCUT2D eigenvalue weighted by atomic mass is 10.0. The summed E-state index contributed by atoms with van der Waals surface area (Å²) in [6.07, 6.45) is 3.39. The summed E-state index contributed by atoms with van der Waals surface area (Å²) in [6.45, 7) is 0.652. The van der Waals surface area contributed by atoms with Crippen LogP contribution in [0, 0.1) is 0 Å². The van der Waals surface area contributed by atoms with E-state index in [-0.39, 0.29) is 18.2 Å². The van der Waals surface area contributed by atoms with Crippen LogP contribution in [-0.4, -0.2) is 23.3 Å². The molecular weight excluding hydrogens is 326 g/mol. The van der Waals surface area contributed by atoms with Gasteiger partial charge in [-0.3, -0.25) is 14.6 Å². The van der Waals surface area contributed by atoms with Crippen molar-refractivity contribution in [1.29, 1.82) is 0 Å². The van der Waals surface area contributed by atoms with E-state index < -0.39 is 0 Å². The van der Waals surface area contributed by atoms with Gasteiger partial charge in [0.25, 0.3) is 0 Å². The third-order valence-electron chi connectivity index (χ3n) is 4.63. The van der Waals surface area contributed by atoms with Crippen molar-refractivity contribution < 1.29 is 9.59 Å². The van der Waals surface area contributed by atoms with Gasteiger partial charge in [-0.2, -0.15) is 0 Å². The zero-order valence-electron chi connectivity index (χ0n) is 14.3. The largest absolute Gasteiger partial charge is 0.324 e. The number of rotatable bonds is 3. The molecule has 2 aromatic carbocycles. The number of amides is 2. The Morgan fingerprint density at radius 2 is 1.88 bits per heavy atom. The monoisotopic (exact) mass is 345 g/mol. The summed E-state index contributed by atoms with van der Waals surface area (Å²) < 4.78 is 0. The SMILES string of the molecule is O=C(CC(=O)N1CCCc2ccccc21)Nc1cccc2cccnc12. The number of aryl methyl sites for hydroxylation is 1. The average molecular weight is 345 g/mol. The van der Waals surface area contributed by atoms with Crippen LogP contribution in [0.5, 0.6) is 0 Å². The van der Waals surface area contributed by atoms with Crippen LogP contribution >= 0.6 is 0 Å². The zero-order valence-corrected chi connectivity index (χ0v) is 14.3. The molecule has 26 heavy (non-hydrogen) atoms. The second-order valence-corrected chi connectivity index (χ2v) is 6.38. The number of benzene rings is 2. The van der Waals surface area contributed by atoms with Crippen molar-refractivity contribution in [2.45, 2.75) is 19.3 Å². The second-order valence-electron chi connectivity index (χ2n) is 6.38. The predicted molar refractivity (Wildman–Crippen MR) is 102 cm³/mol. The van der Waals surface area contributed by atoms with Crippen LogP contribution in [0.1, 0.15) is 18.4 Å². The maximum atomic E-state index is 12.7. The van der Waals surface area contributed by atoms with E-state index in [0.717, 1.165) is 35.0 Å². The van der Waals surface area contributed by atoms with Crippen molar-refractivity contribution in [1.82, 2.24) is 4.98 Å². The number of hydrogen-bond donors (Lipinski definition) is 1. The van der Waals surface area contributed by atoms with Crippen LogP contribution in [-0.2, 0) is 16.0 Å². The number of nitrogens with zero attached hydrogens (tertiary/aromatic N) is 2. The number of hydrogen-bond acceptors (Lipinski definition) is 3. The molecule has 1 aromatic heterocycles. The maximum absolute atomic E-state index is 12.7. The highest BCUT2D eigenvalue weighted by Gasteiger charge is 2.24. The van der Waals surface area contributed by atoms with Crippen LogP contribution in [0.15, 0.2) is 60.8 Å². The summed E-state index contributed by atoms with van der Waals surface area (Å²) in [5.74, 6) is -0.501. The molecule has 5 heteroatoms. The first kappa shape index (κ1) is 16.3. The van der Waals surface area contributed by atoms with Crippen molar-refractivity contribution in [3.05, 3.63) is 66.4 Å². The van der Waals surface area contributed by atoms with E-state index in [0.29, 0.717) is 12.2 Å². The van der Waals surface area contributed by atoms with E-state index in [4.69, 9.17) is 0 Å². The van der Waals surface area contributed by atoms with Gasteiger partial charge in [-0.25, -0.2) is 0 Å². The van der Waals surface area contributed by atoms with Gasteiger partial charge in [0, 0.05) is 23.8 Å². The number of pyridine rings is 1. The van der Waals surface area contributed by atoms with Crippen molar-refractivity contribution in [2.75, 3.05) is 16.8 Å². The summed E-state index contributed by atoms with van der Waals surface area (Å²) in [5, 5.41) is 3.78. The molecule has 0 aliphatic carbocycles. The van der Waals surface area contributed by atoms with Crippen LogP contribution in [0.2, 0.25) is 0 Å². The highest BCUT2D eigenvalue weighted by atomic mass is 16.2. The van der Waals surface area contributed by atoms with Gasteiger partial charge in [0.05, 0.1) is 11.2 Å². The maximum Gasteiger partial charge on any atom is 0.236 e. The third kappa shape index (κ3) is 3.16. The lowest BCUT2D eigenvalue weighted by Crippen LogP contribution is -2.37. The van der Waals surface area contributed by atoms with E-state index in [1.807, 2.05) is 48.5 Å². The van der Waals surface area contributed by atoms with E-state index in [9.17, 15) is 9.59 Å². The Bertz CT molecular complexity index is 978. The molecule has 1 N–H and O–H groups in total. The molecule has 4 rings (SSSR count). The Morgan fingerprint density at radius 1 is 1.04 bits per heavy atom. The van der Waals surface area contributed by atoms with E-state index in [2.05, 4.69) is 10.3 Å². The smallest absolute Gasteiger partial charge is 0.236 e. The Morgan fingerprint density at radius 3 is 2.81 bits per heavy atom. The number of carbonyl (C=O) groups is 2. The number of anilines is 2. The molecule has 2 amide bonds. The molecule has 0 fully saturated rings. The number of carbonyl (C=O) groups excluding carboxylic acids is 2. The molecule has 130 valence electrons. The van der Waals surface area contributed by atoms with Crippen molar-refractivity contribution in [3.8, 4) is 0 Å². The topological polar surface area (TPSA) is 62.3 Å². The van der Waals surface area contributed by atoms with Crippen molar-refractivity contribution in [2.24, 2.45) is 0 Å². The van der Waals surface area contributed by atoms with Gasteiger partial charge in [-0.1, -0.05) is 36.4 Å². The van der Waals surface area contributed by atoms with Crippen molar-refractivity contribution in [3.63, 3.8) is 0 Å². The van der Waals surface area contributed by atoms with Crippen molar-refractivity contribution >= 4 is 34.1 Å². The molecule has 0 unspecified atom stereocenters.